The van der Waals surface area contributed by atoms with E-state index in [1.165, 1.54) is 13.8 Å². The lowest BCUT2D eigenvalue weighted by molar-refractivity contribution is -0.271. The van der Waals surface area contributed by atoms with E-state index in [1.807, 2.05) is 20.8 Å². The third-order valence-corrected chi connectivity index (χ3v) is 10.6. The van der Waals surface area contributed by atoms with Crippen molar-refractivity contribution in [2.75, 3.05) is 6.61 Å². The van der Waals surface area contributed by atoms with Gasteiger partial charge in [-0.15, -0.1) is 0 Å². The Kier molecular flexibility index (Phi) is 9.09. The molecule has 2 saturated carbocycles. The fourth-order valence-corrected chi connectivity index (χ4v) is 8.49. The summed E-state index contributed by atoms with van der Waals surface area (Å²) in [4.78, 5) is 55.4. The van der Waals surface area contributed by atoms with Crippen molar-refractivity contribution in [3.8, 4) is 17.1 Å². The van der Waals surface area contributed by atoms with Crippen LogP contribution in [-0.2, 0) is 28.6 Å². The number of carbonyl (C=O) groups is 3. The molecule has 12 heteroatoms. The normalized spacial score (nSPS) is 33.7. The summed E-state index contributed by atoms with van der Waals surface area (Å²) in [7, 11) is 0. The van der Waals surface area contributed by atoms with E-state index in [2.05, 4.69) is 4.98 Å². The van der Waals surface area contributed by atoms with Crippen LogP contribution in [0.15, 0.2) is 39.8 Å². The van der Waals surface area contributed by atoms with Crippen molar-refractivity contribution in [1.29, 1.82) is 0 Å². The Morgan fingerprint density at radius 3 is 2.52 bits per heavy atom. The molecule has 0 radical (unpaired) electrons. The van der Waals surface area contributed by atoms with E-state index in [-0.39, 0.29) is 30.1 Å². The van der Waals surface area contributed by atoms with Crippen molar-refractivity contribution in [3.05, 3.63) is 46.6 Å². The van der Waals surface area contributed by atoms with Gasteiger partial charge in [-0.25, -0.2) is 4.79 Å². The second-order valence-corrected chi connectivity index (χ2v) is 13.7. The first kappa shape index (κ1) is 33.6. The molecule has 2 aromatic heterocycles. The minimum absolute atomic E-state index is 0.0338. The minimum Gasteiger partial charge on any atom is -0.482 e. The molecule has 46 heavy (non-hydrogen) atoms. The molecule has 3 heterocycles. The number of nitrogens with two attached hydrogens (primary N) is 1. The highest BCUT2D eigenvalue weighted by molar-refractivity contribution is 5.75. The smallest absolute Gasteiger partial charge is 0.345 e. The van der Waals surface area contributed by atoms with Gasteiger partial charge in [-0.2, -0.15) is 0 Å². The molecule has 0 saturated heterocycles. The Morgan fingerprint density at radius 1 is 1.15 bits per heavy atom. The summed E-state index contributed by atoms with van der Waals surface area (Å²) >= 11 is 0. The molecule has 1 aliphatic heterocycles. The van der Waals surface area contributed by atoms with Gasteiger partial charge in [-0.3, -0.25) is 19.4 Å². The molecule has 9 atom stereocenters. The largest absolute Gasteiger partial charge is 0.482 e. The molecule has 3 aliphatic rings. The van der Waals surface area contributed by atoms with Crippen LogP contribution in [-0.4, -0.2) is 58.5 Å². The molecule has 2 aliphatic carbocycles. The van der Waals surface area contributed by atoms with Crippen molar-refractivity contribution in [3.63, 3.8) is 0 Å². The van der Waals surface area contributed by atoms with E-state index in [0.29, 0.717) is 31.2 Å². The van der Waals surface area contributed by atoms with Gasteiger partial charge in [0.2, 0.25) is 0 Å². The van der Waals surface area contributed by atoms with Gasteiger partial charge in [0.1, 0.15) is 47.5 Å². The summed E-state index contributed by atoms with van der Waals surface area (Å²) in [6, 6.07) is 4.12. The zero-order chi connectivity index (χ0) is 33.6. The Labute approximate surface area is 267 Å². The topological polar surface area (TPSA) is 177 Å². The van der Waals surface area contributed by atoms with Crippen LogP contribution in [0.1, 0.15) is 85.3 Å². The SMILES string of the molecule is CCCC(N)C(=O)O[C@H]1CC2C(C)(COC(C)=O)[C@@H](OC(C)=O)CC[C@]2(C)C2[C@@H](O)c3c(cc(-c4cccnc4)oc3=O)O[C@@]21C. The maximum Gasteiger partial charge on any atom is 0.345 e. The summed E-state index contributed by atoms with van der Waals surface area (Å²) < 4.78 is 30.0. The van der Waals surface area contributed by atoms with E-state index in [9.17, 15) is 24.3 Å². The van der Waals surface area contributed by atoms with Crippen LogP contribution >= 0.6 is 0 Å². The predicted octanol–water partition coefficient (Wildman–Crippen LogP) is 3.86. The molecular weight excluding hydrogens is 596 g/mol. The van der Waals surface area contributed by atoms with Crippen LogP contribution in [0.3, 0.4) is 0 Å². The van der Waals surface area contributed by atoms with Crippen LogP contribution in [0.4, 0.5) is 0 Å². The summed E-state index contributed by atoms with van der Waals surface area (Å²) in [5.74, 6) is -2.49. The molecule has 4 unspecified atom stereocenters. The molecule has 2 aromatic rings. The van der Waals surface area contributed by atoms with Gasteiger partial charge in [-0.1, -0.05) is 27.2 Å². The molecule has 12 nitrogen and oxygen atoms in total. The number of aliphatic hydroxyl groups is 1. The number of esters is 3. The zero-order valence-electron chi connectivity index (χ0n) is 27.2. The molecular formula is C34H44N2O10. The summed E-state index contributed by atoms with van der Waals surface area (Å²) in [5, 5.41) is 12.2. The Balaban J connectivity index is 1.67. The van der Waals surface area contributed by atoms with Crippen molar-refractivity contribution < 1.29 is 42.9 Å². The average Bonchev–Trinajstić information content (AvgIpc) is 2.98. The zero-order valence-corrected chi connectivity index (χ0v) is 27.2. The Hall–Kier alpha value is -3.77. The van der Waals surface area contributed by atoms with Crippen LogP contribution in [0.5, 0.6) is 5.75 Å². The summed E-state index contributed by atoms with van der Waals surface area (Å²) in [6.45, 7) is 10.1. The molecule has 0 aromatic carbocycles. The Morgan fingerprint density at radius 2 is 1.89 bits per heavy atom. The van der Waals surface area contributed by atoms with Gasteiger partial charge in [0.25, 0.3) is 0 Å². The second-order valence-electron chi connectivity index (χ2n) is 13.7. The monoisotopic (exact) mass is 640 g/mol. The number of pyridine rings is 1. The highest BCUT2D eigenvalue weighted by Crippen LogP contribution is 2.67. The molecule has 0 spiro atoms. The lowest BCUT2D eigenvalue weighted by atomic mass is 9.42. The number of hydrogen-bond donors (Lipinski definition) is 2. The standard InChI is InChI=1S/C34H44N2O10/c1-7-9-21(35)30(40)45-26-15-24-32(4,12-11-25(43-19(3)38)33(24,5)17-42-18(2)37)29-28(39)27-23(46-34(26,29)6)14-22(44-31(27)41)20-10-8-13-36-16-20/h8,10,13-14,16,21,24-26,28-29,39H,7,9,11-12,15,17,35H2,1-6H3/t21?,24?,25-,26-,28-,29?,32-,33?,34+/m0/s1. The Bertz CT molecular complexity index is 1540. The second kappa shape index (κ2) is 12.4. The number of rotatable bonds is 8. The summed E-state index contributed by atoms with van der Waals surface area (Å²) in [6.07, 6.45) is 2.35. The van der Waals surface area contributed by atoms with Crippen molar-refractivity contribution in [1.82, 2.24) is 4.98 Å². The van der Waals surface area contributed by atoms with Crippen LogP contribution in [0, 0.1) is 22.7 Å². The average molecular weight is 641 g/mol. The highest BCUT2D eigenvalue weighted by Gasteiger charge is 2.71. The molecule has 0 bridgehead atoms. The van der Waals surface area contributed by atoms with Crippen molar-refractivity contribution >= 4 is 17.9 Å². The van der Waals surface area contributed by atoms with E-state index in [4.69, 9.17) is 29.1 Å². The fourth-order valence-electron chi connectivity index (χ4n) is 8.49. The van der Waals surface area contributed by atoms with Gasteiger partial charge >= 0.3 is 23.5 Å². The first-order valence-corrected chi connectivity index (χ1v) is 15.9. The van der Waals surface area contributed by atoms with Crippen molar-refractivity contribution in [2.24, 2.45) is 28.4 Å². The number of ether oxygens (including phenoxy) is 4. The maximum absolute atomic E-state index is 13.6. The van der Waals surface area contributed by atoms with E-state index >= 15 is 0 Å². The van der Waals surface area contributed by atoms with Gasteiger partial charge in [-0.05, 0) is 56.1 Å². The number of aromatic nitrogens is 1. The number of aliphatic hydroxyl groups excluding tert-OH is 1. The van der Waals surface area contributed by atoms with E-state index in [1.54, 1.807) is 37.5 Å². The first-order chi connectivity index (χ1) is 21.7. The van der Waals surface area contributed by atoms with Gasteiger partial charge in [0.15, 0.2) is 0 Å². The highest BCUT2D eigenvalue weighted by atomic mass is 16.6. The number of fused-ring (bicyclic) bond motifs is 4. The van der Waals surface area contributed by atoms with Gasteiger partial charge in [0, 0.05) is 49.2 Å². The number of hydrogen-bond acceptors (Lipinski definition) is 12. The quantitative estimate of drug-likeness (QED) is 0.315. The number of nitrogens with zero attached hydrogens (tertiary/aromatic N) is 1. The van der Waals surface area contributed by atoms with Gasteiger partial charge in [0.05, 0.1) is 6.10 Å². The van der Waals surface area contributed by atoms with Gasteiger partial charge < -0.3 is 34.2 Å². The third-order valence-electron chi connectivity index (χ3n) is 10.6. The summed E-state index contributed by atoms with van der Waals surface area (Å²) in [5.41, 5.74) is 2.90. The van der Waals surface area contributed by atoms with Crippen molar-refractivity contribution in [2.45, 2.75) is 104 Å². The van der Waals surface area contributed by atoms with E-state index in [0.717, 1.165) is 0 Å². The third kappa shape index (κ3) is 5.70. The predicted molar refractivity (Wildman–Crippen MR) is 164 cm³/mol. The molecule has 3 N–H and O–H groups in total. The van der Waals surface area contributed by atoms with Crippen LogP contribution in [0.25, 0.3) is 11.3 Å². The lowest BCUT2D eigenvalue weighted by Crippen LogP contribution is -2.71. The van der Waals surface area contributed by atoms with Crippen LogP contribution in [0.2, 0.25) is 0 Å². The minimum atomic E-state index is -1.38. The molecule has 0 amide bonds. The lowest BCUT2D eigenvalue weighted by Gasteiger charge is -2.66. The molecule has 2 fully saturated rings. The van der Waals surface area contributed by atoms with Crippen LogP contribution < -0.4 is 16.1 Å². The fraction of sp³-hybridized carbons (Fsp3) is 0.618. The maximum atomic E-state index is 13.6. The molecule has 250 valence electrons. The number of carbonyl (C=O) groups excluding carboxylic acids is 3. The first-order valence-electron chi connectivity index (χ1n) is 15.9. The molecule has 5 rings (SSSR count). The van der Waals surface area contributed by atoms with E-state index < -0.39 is 76.2 Å².